The molecule has 0 aromatic heterocycles. The van der Waals surface area contributed by atoms with Gasteiger partial charge in [-0.1, -0.05) is 13.3 Å². The van der Waals surface area contributed by atoms with Crippen LogP contribution in [0.1, 0.15) is 43.0 Å². The highest BCUT2D eigenvalue weighted by Gasteiger charge is 2.11. The Bertz CT molecular complexity index is 504. The lowest BCUT2D eigenvalue weighted by Crippen LogP contribution is -2.26. The predicted molar refractivity (Wildman–Crippen MR) is 88.4 cm³/mol. The number of phenols is 1. The molecule has 0 radical (unpaired) electrons. The summed E-state index contributed by atoms with van der Waals surface area (Å²) in [5.74, 6) is -0.621. The average Bonchev–Trinajstić information content (AvgIpc) is 2.45. The van der Waals surface area contributed by atoms with Crippen LogP contribution in [-0.4, -0.2) is 28.6 Å². The number of carboxylic acids is 1. The number of carboxylic acid groups (broad SMARTS) is 1. The zero-order valence-corrected chi connectivity index (χ0v) is 14.1. The van der Waals surface area contributed by atoms with E-state index >= 15 is 0 Å². The molecule has 6 heteroatoms. The van der Waals surface area contributed by atoms with E-state index in [-0.39, 0.29) is 18.1 Å². The predicted octanol–water partition coefficient (Wildman–Crippen LogP) is 3.01. The zero-order chi connectivity index (χ0) is 15.8. The molecule has 21 heavy (non-hydrogen) atoms. The first kappa shape index (κ1) is 17.7. The standard InChI is InChI=1S/C15H20INO4/c1-2-10(3-6-14(19)20)7-8-17-15(21)11-4-5-12(16)13(18)9-11/h4-5,9-10,18H,2-3,6-8H2,1H3,(H,17,21)(H,19,20). The summed E-state index contributed by atoms with van der Waals surface area (Å²) in [4.78, 5) is 22.5. The smallest absolute Gasteiger partial charge is 0.303 e. The number of carbonyl (C=O) groups excluding carboxylic acids is 1. The van der Waals surface area contributed by atoms with Crippen molar-refractivity contribution in [3.05, 3.63) is 27.3 Å². The molecule has 0 spiro atoms. The number of aromatic hydroxyl groups is 1. The fourth-order valence-electron chi connectivity index (χ4n) is 2.03. The maximum absolute atomic E-state index is 11.9. The minimum absolute atomic E-state index is 0.0937. The van der Waals surface area contributed by atoms with Gasteiger partial charge in [-0.2, -0.15) is 0 Å². The van der Waals surface area contributed by atoms with E-state index in [9.17, 15) is 14.7 Å². The number of halogens is 1. The van der Waals surface area contributed by atoms with E-state index < -0.39 is 5.97 Å². The Morgan fingerprint density at radius 2 is 2.05 bits per heavy atom. The lowest BCUT2D eigenvalue weighted by Gasteiger charge is -2.14. The molecular weight excluding hydrogens is 385 g/mol. The van der Waals surface area contributed by atoms with Gasteiger partial charge in [0.15, 0.2) is 0 Å². The van der Waals surface area contributed by atoms with Crippen LogP contribution in [0.15, 0.2) is 18.2 Å². The SMILES string of the molecule is CCC(CCNC(=O)c1ccc(I)c(O)c1)CCC(=O)O. The van der Waals surface area contributed by atoms with Gasteiger partial charge in [0.2, 0.25) is 0 Å². The van der Waals surface area contributed by atoms with Gasteiger partial charge >= 0.3 is 5.97 Å². The molecule has 1 aromatic carbocycles. The highest BCUT2D eigenvalue weighted by atomic mass is 127. The van der Waals surface area contributed by atoms with Crippen LogP contribution in [0, 0.1) is 9.49 Å². The Morgan fingerprint density at radius 3 is 2.62 bits per heavy atom. The van der Waals surface area contributed by atoms with Gasteiger partial charge in [-0.05, 0) is 59.5 Å². The van der Waals surface area contributed by atoms with Crippen LogP contribution >= 0.6 is 22.6 Å². The molecule has 5 nitrogen and oxygen atoms in total. The molecule has 0 aliphatic heterocycles. The molecule has 0 aliphatic carbocycles. The van der Waals surface area contributed by atoms with E-state index in [1.165, 1.54) is 6.07 Å². The molecule has 0 bridgehead atoms. The van der Waals surface area contributed by atoms with E-state index in [1.54, 1.807) is 12.1 Å². The summed E-state index contributed by atoms with van der Waals surface area (Å²) < 4.78 is 0.698. The van der Waals surface area contributed by atoms with Crippen molar-refractivity contribution in [2.75, 3.05) is 6.54 Å². The molecule has 1 atom stereocenters. The molecule has 3 N–H and O–H groups in total. The Hall–Kier alpha value is -1.31. The number of aliphatic carboxylic acids is 1. The third-order valence-corrected chi connectivity index (χ3v) is 4.30. The number of amides is 1. The molecule has 0 heterocycles. The number of rotatable bonds is 8. The summed E-state index contributed by atoms with van der Waals surface area (Å²) in [5, 5.41) is 21.1. The first-order chi connectivity index (χ1) is 9.93. The summed E-state index contributed by atoms with van der Waals surface area (Å²) >= 11 is 1.99. The maximum atomic E-state index is 11.9. The van der Waals surface area contributed by atoms with Crippen molar-refractivity contribution in [1.29, 1.82) is 0 Å². The largest absolute Gasteiger partial charge is 0.507 e. The summed E-state index contributed by atoms with van der Waals surface area (Å²) in [6.07, 6.45) is 2.45. The van der Waals surface area contributed by atoms with Gasteiger partial charge in [-0.3, -0.25) is 9.59 Å². The Labute approximate surface area is 137 Å². The topological polar surface area (TPSA) is 86.6 Å². The van der Waals surface area contributed by atoms with Crippen LogP contribution in [-0.2, 0) is 4.79 Å². The monoisotopic (exact) mass is 405 g/mol. The Balaban J connectivity index is 2.41. The van der Waals surface area contributed by atoms with Crippen molar-refractivity contribution in [1.82, 2.24) is 5.32 Å². The lowest BCUT2D eigenvalue weighted by atomic mass is 9.96. The van der Waals surface area contributed by atoms with Crippen molar-refractivity contribution in [3.63, 3.8) is 0 Å². The first-order valence-electron chi connectivity index (χ1n) is 6.92. The third-order valence-electron chi connectivity index (χ3n) is 3.39. The van der Waals surface area contributed by atoms with Gasteiger partial charge in [0.1, 0.15) is 5.75 Å². The quantitative estimate of drug-likeness (QED) is 0.581. The van der Waals surface area contributed by atoms with E-state index in [2.05, 4.69) is 5.32 Å². The summed E-state index contributed by atoms with van der Waals surface area (Å²) in [7, 11) is 0. The van der Waals surface area contributed by atoms with Crippen molar-refractivity contribution in [2.45, 2.75) is 32.6 Å². The van der Waals surface area contributed by atoms with Gasteiger partial charge in [0, 0.05) is 18.5 Å². The number of hydrogen-bond acceptors (Lipinski definition) is 3. The minimum atomic E-state index is -0.785. The van der Waals surface area contributed by atoms with Crippen LogP contribution in [0.4, 0.5) is 0 Å². The highest BCUT2D eigenvalue weighted by molar-refractivity contribution is 14.1. The van der Waals surface area contributed by atoms with Gasteiger partial charge < -0.3 is 15.5 Å². The third kappa shape index (κ3) is 6.33. The second kappa shape index (κ2) is 8.86. The molecule has 0 saturated carbocycles. The van der Waals surface area contributed by atoms with E-state index in [0.29, 0.717) is 28.0 Å². The van der Waals surface area contributed by atoms with Crippen LogP contribution in [0.3, 0.4) is 0 Å². The average molecular weight is 405 g/mol. The maximum Gasteiger partial charge on any atom is 0.303 e. The number of nitrogens with one attached hydrogen (secondary N) is 1. The van der Waals surface area contributed by atoms with Crippen molar-refractivity contribution >= 4 is 34.5 Å². The number of carbonyl (C=O) groups is 2. The molecule has 1 aromatic rings. The minimum Gasteiger partial charge on any atom is -0.507 e. The Morgan fingerprint density at radius 1 is 1.33 bits per heavy atom. The summed E-state index contributed by atoms with van der Waals surface area (Å²) in [6.45, 7) is 2.52. The molecule has 0 fully saturated rings. The van der Waals surface area contributed by atoms with Gasteiger partial charge in [0.25, 0.3) is 5.91 Å². The van der Waals surface area contributed by atoms with E-state index in [4.69, 9.17) is 5.11 Å². The molecular formula is C15H20INO4. The number of hydrogen-bond donors (Lipinski definition) is 3. The summed E-state index contributed by atoms with van der Waals surface area (Å²) in [5.41, 5.74) is 0.423. The van der Waals surface area contributed by atoms with E-state index in [0.717, 1.165) is 12.8 Å². The van der Waals surface area contributed by atoms with E-state index in [1.807, 2.05) is 29.5 Å². The van der Waals surface area contributed by atoms with Gasteiger partial charge in [-0.15, -0.1) is 0 Å². The van der Waals surface area contributed by atoms with Gasteiger partial charge in [0.05, 0.1) is 3.57 Å². The van der Waals surface area contributed by atoms with Crippen LogP contribution < -0.4 is 5.32 Å². The first-order valence-corrected chi connectivity index (χ1v) is 8.00. The zero-order valence-electron chi connectivity index (χ0n) is 11.9. The number of benzene rings is 1. The van der Waals surface area contributed by atoms with Crippen molar-refractivity contribution in [3.8, 4) is 5.75 Å². The normalized spacial score (nSPS) is 11.9. The second-order valence-electron chi connectivity index (χ2n) is 4.92. The molecule has 116 valence electrons. The van der Waals surface area contributed by atoms with Crippen LogP contribution in [0.25, 0.3) is 0 Å². The number of phenolic OH excluding ortho intramolecular Hbond substituents is 1. The molecule has 0 aliphatic rings. The fourth-order valence-corrected chi connectivity index (χ4v) is 2.36. The van der Waals surface area contributed by atoms with Crippen LogP contribution in [0.2, 0.25) is 0 Å². The van der Waals surface area contributed by atoms with Crippen molar-refractivity contribution < 1.29 is 19.8 Å². The summed E-state index contributed by atoms with van der Waals surface area (Å²) in [6, 6.07) is 4.80. The molecule has 0 saturated heterocycles. The van der Waals surface area contributed by atoms with Crippen molar-refractivity contribution in [2.24, 2.45) is 5.92 Å². The molecule has 1 rings (SSSR count). The Kier molecular flexibility index (Phi) is 7.49. The van der Waals surface area contributed by atoms with Crippen LogP contribution in [0.5, 0.6) is 5.75 Å². The fraction of sp³-hybridized carbons (Fsp3) is 0.467. The second-order valence-corrected chi connectivity index (χ2v) is 6.08. The molecule has 1 unspecified atom stereocenters. The highest BCUT2D eigenvalue weighted by Crippen LogP contribution is 2.20. The lowest BCUT2D eigenvalue weighted by molar-refractivity contribution is -0.137. The molecule has 1 amide bonds. The van der Waals surface area contributed by atoms with Gasteiger partial charge in [-0.25, -0.2) is 0 Å².